The van der Waals surface area contributed by atoms with E-state index < -0.39 is 0 Å². The Balaban J connectivity index is 2.26. The Morgan fingerprint density at radius 3 is 2.55 bits per heavy atom. The molecule has 0 aromatic heterocycles. The van der Waals surface area contributed by atoms with Crippen molar-refractivity contribution in [2.24, 2.45) is 0 Å². The third-order valence-corrected chi connectivity index (χ3v) is 3.44. The van der Waals surface area contributed by atoms with Crippen LogP contribution in [-0.4, -0.2) is 48.4 Å². The van der Waals surface area contributed by atoms with Gasteiger partial charge in [-0.25, -0.2) is 0 Å². The van der Waals surface area contributed by atoms with Crippen LogP contribution in [0.2, 0.25) is 0 Å². The van der Waals surface area contributed by atoms with Gasteiger partial charge in [0.2, 0.25) is 11.8 Å². The molecular formula is C15H29N3O2. The largest absolute Gasteiger partial charge is 0.350 e. The maximum absolute atomic E-state index is 12.0. The highest BCUT2D eigenvalue weighted by Crippen LogP contribution is 2.12. The molecule has 1 heterocycles. The molecule has 1 rings (SSSR count). The van der Waals surface area contributed by atoms with Gasteiger partial charge in [0.1, 0.15) is 0 Å². The smallest absolute Gasteiger partial charge is 0.240 e. The van der Waals surface area contributed by atoms with E-state index in [9.17, 15) is 9.59 Å². The van der Waals surface area contributed by atoms with Crippen LogP contribution in [0.3, 0.4) is 0 Å². The van der Waals surface area contributed by atoms with E-state index in [4.69, 9.17) is 0 Å². The van der Waals surface area contributed by atoms with Gasteiger partial charge in [0.15, 0.2) is 0 Å². The van der Waals surface area contributed by atoms with E-state index in [1.54, 1.807) is 7.05 Å². The molecule has 0 aliphatic carbocycles. The molecule has 116 valence electrons. The maximum Gasteiger partial charge on any atom is 0.240 e. The summed E-state index contributed by atoms with van der Waals surface area (Å²) < 4.78 is 0. The van der Waals surface area contributed by atoms with Gasteiger partial charge in [-0.05, 0) is 46.6 Å². The van der Waals surface area contributed by atoms with E-state index >= 15 is 0 Å². The highest BCUT2D eigenvalue weighted by Gasteiger charge is 2.19. The molecule has 1 atom stereocenters. The fourth-order valence-corrected chi connectivity index (χ4v) is 2.42. The lowest BCUT2D eigenvalue weighted by atomic mass is 10.0. The molecule has 2 amide bonds. The van der Waals surface area contributed by atoms with Gasteiger partial charge in [-0.2, -0.15) is 0 Å². The van der Waals surface area contributed by atoms with Crippen LogP contribution in [-0.2, 0) is 9.59 Å². The second kappa shape index (κ2) is 7.62. The van der Waals surface area contributed by atoms with Gasteiger partial charge in [-0.3, -0.25) is 9.59 Å². The van der Waals surface area contributed by atoms with Gasteiger partial charge in [0.25, 0.3) is 0 Å². The minimum absolute atomic E-state index is 0.0430. The van der Waals surface area contributed by atoms with Gasteiger partial charge in [-0.1, -0.05) is 6.42 Å². The third kappa shape index (κ3) is 6.89. The first-order chi connectivity index (χ1) is 9.28. The Hall–Kier alpha value is -1.10. The second-order valence-corrected chi connectivity index (χ2v) is 6.73. The monoisotopic (exact) mass is 283 g/mol. The summed E-state index contributed by atoms with van der Waals surface area (Å²) >= 11 is 0. The van der Waals surface area contributed by atoms with Gasteiger partial charge >= 0.3 is 0 Å². The lowest BCUT2D eigenvalue weighted by Gasteiger charge is -2.25. The number of carbonyl (C=O) groups excluding carboxylic acids is 2. The van der Waals surface area contributed by atoms with Crippen LogP contribution < -0.4 is 10.6 Å². The van der Waals surface area contributed by atoms with Crippen LogP contribution in [0.15, 0.2) is 0 Å². The second-order valence-electron chi connectivity index (χ2n) is 6.73. The van der Waals surface area contributed by atoms with Crippen molar-refractivity contribution in [1.82, 2.24) is 15.5 Å². The summed E-state index contributed by atoms with van der Waals surface area (Å²) in [6.45, 7) is 6.99. The fourth-order valence-electron chi connectivity index (χ4n) is 2.42. The Morgan fingerprint density at radius 2 is 2.00 bits per heavy atom. The summed E-state index contributed by atoms with van der Waals surface area (Å²) in [5.74, 6) is -0.0643. The first kappa shape index (κ1) is 17.0. The zero-order chi connectivity index (χ0) is 15.2. The third-order valence-electron chi connectivity index (χ3n) is 3.44. The molecule has 0 radical (unpaired) electrons. The number of likely N-dealkylation sites (N-methyl/N-ethyl adjacent to an activating group) is 1. The van der Waals surface area contributed by atoms with Crippen LogP contribution in [0.25, 0.3) is 0 Å². The van der Waals surface area contributed by atoms with Crippen LogP contribution in [0.4, 0.5) is 0 Å². The van der Waals surface area contributed by atoms with Crippen molar-refractivity contribution in [3.63, 3.8) is 0 Å². The first-order valence-corrected chi connectivity index (χ1v) is 7.56. The summed E-state index contributed by atoms with van der Waals surface area (Å²) in [5.41, 5.74) is -0.257. The van der Waals surface area contributed by atoms with Gasteiger partial charge in [0.05, 0.1) is 6.54 Å². The number of hydrogen-bond donors (Lipinski definition) is 2. The minimum Gasteiger partial charge on any atom is -0.350 e. The molecule has 5 heteroatoms. The maximum atomic E-state index is 12.0. The van der Waals surface area contributed by atoms with Gasteiger partial charge < -0.3 is 15.5 Å². The Morgan fingerprint density at radius 1 is 1.30 bits per heavy atom. The Kier molecular flexibility index (Phi) is 6.46. The zero-order valence-corrected chi connectivity index (χ0v) is 13.3. The number of hydrogen-bond acceptors (Lipinski definition) is 3. The Bertz CT molecular complexity index is 331. The molecule has 0 bridgehead atoms. The average molecular weight is 283 g/mol. The molecule has 0 aromatic carbocycles. The van der Waals surface area contributed by atoms with E-state index in [-0.39, 0.29) is 23.9 Å². The number of rotatable bonds is 5. The molecule has 0 aromatic rings. The van der Waals surface area contributed by atoms with Gasteiger partial charge in [0, 0.05) is 25.0 Å². The molecule has 1 aliphatic heterocycles. The van der Waals surface area contributed by atoms with E-state index in [1.807, 2.05) is 20.8 Å². The molecular weight excluding hydrogens is 254 g/mol. The molecule has 20 heavy (non-hydrogen) atoms. The van der Waals surface area contributed by atoms with Crippen molar-refractivity contribution in [3.05, 3.63) is 0 Å². The predicted molar refractivity (Wildman–Crippen MR) is 80.4 cm³/mol. The quantitative estimate of drug-likeness (QED) is 0.799. The molecule has 1 saturated heterocycles. The summed E-state index contributed by atoms with van der Waals surface area (Å²) in [6, 6.07) is 0.463. The molecule has 1 unspecified atom stereocenters. The van der Waals surface area contributed by atoms with Crippen LogP contribution in [0, 0.1) is 0 Å². The molecule has 5 nitrogen and oxygen atoms in total. The van der Waals surface area contributed by atoms with Crippen molar-refractivity contribution >= 4 is 11.8 Å². The van der Waals surface area contributed by atoms with Gasteiger partial charge in [-0.15, -0.1) is 0 Å². The van der Waals surface area contributed by atoms with Crippen molar-refractivity contribution in [1.29, 1.82) is 0 Å². The molecule has 0 spiro atoms. The van der Waals surface area contributed by atoms with Crippen molar-refractivity contribution < 1.29 is 9.59 Å². The zero-order valence-electron chi connectivity index (χ0n) is 13.3. The number of carbonyl (C=O) groups is 2. The van der Waals surface area contributed by atoms with Crippen molar-refractivity contribution in [2.45, 2.75) is 64.5 Å². The van der Waals surface area contributed by atoms with Crippen molar-refractivity contribution in [2.75, 3.05) is 20.1 Å². The lowest BCUT2D eigenvalue weighted by Crippen LogP contribution is -2.46. The topological polar surface area (TPSA) is 61.4 Å². The first-order valence-electron chi connectivity index (χ1n) is 7.56. The summed E-state index contributed by atoms with van der Waals surface area (Å²) in [7, 11) is 1.69. The molecule has 0 saturated carbocycles. The minimum atomic E-state index is -0.257. The van der Waals surface area contributed by atoms with Crippen LogP contribution >= 0.6 is 0 Å². The SMILES string of the molecule is CN(CC(=O)NC(C)(C)C)C(=O)CCC1CCCCN1. The predicted octanol–water partition coefficient (Wildman–Crippen LogP) is 1.28. The van der Waals surface area contributed by atoms with E-state index in [2.05, 4.69) is 10.6 Å². The summed E-state index contributed by atoms with van der Waals surface area (Å²) in [4.78, 5) is 25.3. The number of amides is 2. The number of nitrogens with one attached hydrogen (secondary N) is 2. The number of piperidine rings is 1. The average Bonchev–Trinajstić information content (AvgIpc) is 2.34. The standard InChI is InChI=1S/C15H29N3O2/c1-15(2,3)17-13(19)11-18(4)14(20)9-8-12-7-5-6-10-16-12/h12,16H,5-11H2,1-4H3,(H,17,19). The summed E-state index contributed by atoms with van der Waals surface area (Å²) in [6.07, 6.45) is 5.01. The molecule has 1 aliphatic rings. The highest BCUT2D eigenvalue weighted by molar-refractivity contribution is 5.84. The number of nitrogens with zero attached hydrogens (tertiary/aromatic N) is 1. The normalized spacial score (nSPS) is 19.5. The van der Waals surface area contributed by atoms with E-state index in [0.29, 0.717) is 12.5 Å². The van der Waals surface area contributed by atoms with E-state index in [0.717, 1.165) is 19.4 Å². The van der Waals surface area contributed by atoms with Crippen LogP contribution in [0.5, 0.6) is 0 Å². The lowest BCUT2D eigenvalue weighted by molar-refractivity contribution is -0.135. The highest BCUT2D eigenvalue weighted by atomic mass is 16.2. The van der Waals surface area contributed by atoms with Crippen molar-refractivity contribution in [3.8, 4) is 0 Å². The fraction of sp³-hybridized carbons (Fsp3) is 0.867. The van der Waals surface area contributed by atoms with E-state index in [1.165, 1.54) is 17.7 Å². The summed E-state index contributed by atoms with van der Waals surface area (Å²) in [5, 5.41) is 6.30. The molecule has 1 fully saturated rings. The Labute approximate surface area is 122 Å². The van der Waals surface area contributed by atoms with Crippen LogP contribution in [0.1, 0.15) is 52.9 Å². The molecule has 2 N–H and O–H groups in total.